The quantitative estimate of drug-likeness (QED) is 0.570. The summed E-state index contributed by atoms with van der Waals surface area (Å²) in [5.74, 6) is 0.442. The molecule has 1 fully saturated rings. The van der Waals surface area contributed by atoms with Crippen molar-refractivity contribution in [3.05, 3.63) is 47.3 Å². The Morgan fingerprint density at radius 1 is 1.18 bits per heavy atom. The average Bonchev–Trinajstić information content (AvgIpc) is 3.31. The Bertz CT molecular complexity index is 1190. The lowest BCUT2D eigenvalue weighted by Crippen LogP contribution is -2.28. The first-order valence-corrected chi connectivity index (χ1v) is 9.76. The number of hydrogen-bond donors (Lipinski definition) is 2. The Kier molecular flexibility index (Phi) is 4.24. The fourth-order valence-electron chi connectivity index (χ4n) is 4.35. The average molecular weight is 377 g/mol. The molecule has 2 N–H and O–H groups in total. The molecule has 0 bridgehead atoms. The van der Waals surface area contributed by atoms with Crippen molar-refractivity contribution in [3.63, 3.8) is 0 Å². The maximum absolute atomic E-state index is 12.6. The molecule has 144 valence electrons. The van der Waals surface area contributed by atoms with Gasteiger partial charge >= 0.3 is 5.69 Å². The van der Waals surface area contributed by atoms with Gasteiger partial charge in [-0.25, -0.2) is 14.8 Å². The maximum atomic E-state index is 12.6. The van der Waals surface area contributed by atoms with Crippen LogP contribution in [0.5, 0.6) is 0 Å². The molecule has 0 amide bonds. The van der Waals surface area contributed by atoms with Gasteiger partial charge in [0.2, 0.25) is 0 Å². The summed E-state index contributed by atoms with van der Waals surface area (Å²) in [6.07, 6.45) is 10.2. The molecule has 2 atom stereocenters. The van der Waals surface area contributed by atoms with Crippen molar-refractivity contribution >= 4 is 22.2 Å². The minimum Gasteiger partial charge on any atom is -0.381 e. The van der Waals surface area contributed by atoms with Crippen molar-refractivity contribution in [2.24, 2.45) is 5.92 Å². The van der Waals surface area contributed by atoms with Gasteiger partial charge in [0, 0.05) is 48.8 Å². The van der Waals surface area contributed by atoms with E-state index in [1.807, 2.05) is 29.1 Å². The van der Waals surface area contributed by atoms with Gasteiger partial charge in [-0.15, -0.1) is 0 Å². The summed E-state index contributed by atoms with van der Waals surface area (Å²) in [7, 11) is 1.77. The second-order valence-electron chi connectivity index (χ2n) is 7.66. The zero-order valence-electron chi connectivity index (χ0n) is 15.8. The summed E-state index contributed by atoms with van der Waals surface area (Å²) in [5.41, 5.74) is 4.17. The third-order valence-electron chi connectivity index (χ3n) is 5.87. The molecule has 0 radical (unpaired) electrons. The lowest BCUT2D eigenvalue weighted by molar-refractivity contribution is 0.0473. The molecular weight excluding hydrogens is 354 g/mol. The first-order chi connectivity index (χ1) is 13.7. The molecule has 1 aliphatic carbocycles. The summed E-state index contributed by atoms with van der Waals surface area (Å²) < 4.78 is 7.38. The Labute approximate surface area is 161 Å². The summed E-state index contributed by atoms with van der Waals surface area (Å²) in [5, 5.41) is 1.05. The van der Waals surface area contributed by atoms with E-state index in [1.54, 1.807) is 13.3 Å². The fraction of sp³-hybridized carbons (Fsp3) is 0.381. The van der Waals surface area contributed by atoms with E-state index in [2.05, 4.69) is 26.0 Å². The summed E-state index contributed by atoms with van der Waals surface area (Å²) in [6, 6.07) is 6.12. The molecule has 7 nitrogen and oxygen atoms in total. The van der Waals surface area contributed by atoms with Crippen molar-refractivity contribution in [2.75, 3.05) is 7.11 Å². The van der Waals surface area contributed by atoms with Gasteiger partial charge in [0.15, 0.2) is 5.65 Å². The van der Waals surface area contributed by atoms with Crippen molar-refractivity contribution in [1.82, 2.24) is 24.5 Å². The van der Waals surface area contributed by atoms with Crippen LogP contribution in [0.25, 0.3) is 33.3 Å². The van der Waals surface area contributed by atoms with E-state index < -0.39 is 0 Å². The molecule has 4 aromatic rings. The van der Waals surface area contributed by atoms with E-state index in [1.165, 1.54) is 0 Å². The van der Waals surface area contributed by atoms with Gasteiger partial charge in [-0.2, -0.15) is 0 Å². The van der Waals surface area contributed by atoms with Gasteiger partial charge in [-0.05, 0) is 43.4 Å². The van der Waals surface area contributed by atoms with E-state index >= 15 is 0 Å². The van der Waals surface area contributed by atoms with Crippen LogP contribution >= 0.6 is 0 Å². The number of rotatable bonds is 4. The number of H-pyrrole nitrogens is 2. The van der Waals surface area contributed by atoms with Gasteiger partial charge in [-0.3, -0.25) is 9.55 Å². The van der Waals surface area contributed by atoms with Crippen LogP contribution in [0.2, 0.25) is 0 Å². The summed E-state index contributed by atoms with van der Waals surface area (Å²) >= 11 is 0. The molecule has 7 heteroatoms. The molecule has 4 heterocycles. The molecule has 0 saturated heterocycles. The highest BCUT2D eigenvalue weighted by Gasteiger charge is 2.23. The predicted octanol–water partition coefficient (Wildman–Crippen LogP) is 3.47. The number of imidazole rings is 1. The fourth-order valence-corrected chi connectivity index (χ4v) is 4.35. The van der Waals surface area contributed by atoms with Gasteiger partial charge < -0.3 is 9.72 Å². The number of methoxy groups -OCH3 is 1. The molecule has 2 unspecified atom stereocenters. The van der Waals surface area contributed by atoms with E-state index in [-0.39, 0.29) is 5.69 Å². The number of hydrogen-bond acceptors (Lipinski definition) is 4. The molecule has 5 rings (SSSR count). The number of aromatic amines is 2. The number of pyridine rings is 2. The van der Waals surface area contributed by atoms with Crippen molar-refractivity contribution < 1.29 is 4.74 Å². The van der Waals surface area contributed by atoms with Gasteiger partial charge in [-0.1, -0.05) is 6.42 Å². The third kappa shape index (κ3) is 3.01. The second-order valence-corrected chi connectivity index (χ2v) is 7.66. The summed E-state index contributed by atoms with van der Waals surface area (Å²) in [4.78, 5) is 27.5. The van der Waals surface area contributed by atoms with Crippen LogP contribution in [0.3, 0.4) is 0 Å². The standard InChI is InChI=1S/C21H23N5O2/c1-28-17-4-2-3-13(7-17)12-26-18-9-16(11-24-20(18)25-21(26)27)15-8-14-5-6-22-19(14)23-10-15/h5-6,8-11,13,17H,2-4,7,12H2,1H3,(H,22,23)(H,24,25,27). The number of nitrogens with zero attached hydrogens (tertiary/aromatic N) is 3. The Balaban J connectivity index is 1.52. The number of aromatic nitrogens is 5. The summed E-state index contributed by atoms with van der Waals surface area (Å²) in [6.45, 7) is 0.693. The highest BCUT2D eigenvalue weighted by Crippen LogP contribution is 2.29. The van der Waals surface area contributed by atoms with Crippen LogP contribution in [0.1, 0.15) is 25.7 Å². The van der Waals surface area contributed by atoms with Crippen molar-refractivity contribution in [1.29, 1.82) is 0 Å². The molecule has 0 spiro atoms. The monoisotopic (exact) mass is 377 g/mol. The molecule has 0 aliphatic heterocycles. The lowest BCUT2D eigenvalue weighted by Gasteiger charge is -2.28. The highest BCUT2D eigenvalue weighted by molar-refractivity contribution is 5.84. The molecular formula is C21H23N5O2. The number of ether oxygens (including phenoxy) is 1. The highest BCUT2D eigenvalue weighted by atomic mass is 16.5. The molecule has 1 aliphatic rings. The van der Waals surface area contributed by atoms with Gasteiger partial charge in [0.1, 0.15) is 5.65 Å². The van der Waals surface area contributed by atoms with Crippen LogP contribution < -0.4 is 5.69 Å². The molecule has 1 saturated carbocycles. The van der Waals surface area contributed by atoms with Crippen LogP contribution in [-0.4, -0.2) is 37.7 Å². The minimum absolute atomic E-state index is 0.0987. The second kappa shape index (κ2) is 6.91. The van der Waals surface area contributed by atoms with E-state index in [4.69, 9.17) is 4.74 Å². The Morgan fingerprint density at radius 2 is 2.00 bits per heavy atom. The molecule has 0 aromatic carbocycles. The molecule has 28 heavy (non-hydrogen) atoms. The lowest BCUT2D eigenvalue weighted by atomic mass is 9.87. The predicted molar refractivity (Wildman–Crippen MR) is 108 cm³/mol. The minimum atomic E-state index is -0.0987. The number of nitrogens with one attached hydrogen (secondary N) is 2. The van der Waals surface area contributed by atoms with Crippen molar-refractivity contribution in [3.8, 4) is 11.1 Å². The van der Waals surface area contributed by atoms with Crippen LogP contribution in [0, 0.1) is 5.92 Å². The van der Waals surface area contributed by atoms with Gasteiger partial charge in [0.25, 0.3) is 0 Å². The zero-order valence-corrected chi connectivity index (χ0v) is 15.8. The smallest absolute Gasteiger partial charge is 0.327 e. The topological polar surface area (TPSA) is 88.6 Å². The molecule has 4 aromatic heterocycles. The van der Waals surface area contributed by atoms with E-state index in [0.29, 0.717) is 24.2 Å². The number of fused-ring (bicyclic) bond motifs is 2. The van der Waals surface area contributed by atoms with Crippen LogP contribution in [0.15, 0.2) is 41.6 Å². The van der Waals surface area contributed by atoms with Crippen LogP contribution in [-0.2, 0) is 11.3 Å². The maximum Gasteiger partial charge on any atom is 0.327 e. The van der Waals surface area contributed by atoms with E-state index in [0.717, 1.165) is 53.4 Å². The van der Waals surface area contributed by atoms with Gasteiger partial charge in [0.05, 0.1) is 11.6 Å². The third-order valence-corrected chi connectivity index (χ3v) is 5.87. The zero-order chi connectivity index (χ0) is 19.1. The first kappa shape index (κ1) is 17.2. The van der Waals surface area contributed by atoms with E-state index in [9.17, 15) is 4.79 Å². The van der Waals surface area contributed by atoms with Crippen molar-refractivity contribution in [2.45, 2.75) is 38.3 Å². The normalized spacial score (nSPS) is 20.2. The Morgan fingerprint density at radius 3 is 2.86 bits per heavy atom. The Hall–Kier alpha value is -2.93. The van der Waals surface area contributed by atoms with Crippen LogP contribution in [0.4, 0.5) is 0 Å². The largest absolute Gasteiger partial charge is 0.381 e. The first-order valence-electron chi connectivity index (χ1n) is 9.76. The SMILES string of the molecule is COC1CCCC(Cn2c(=O)[nH]c3ncc(-c4cnc5[nH]ccc5c4)cc32)C1.